The number of ether oxygens (including phenoxy) is 2. The zero-order valence-electron chi connectivity index (χ0n) is 23.4. The van der Waals surface area contributed by atoms with Crippen LogP contribution in [0.15, 0.2) is 51.9 Å². The molecule has 40 heavy (non-hydrogen) atoms. The molecule has 4 aliphatic heterocycles. The number of rotatable bonds is 3. The van der Waals surface area contributed by atoms with Crippen LogP contribution in [-0.4, -0.2) is 60.1 Å². The van der Waals surface area contributed by atoms with Gasteiger partial charge in [0.2, 0.25) is 0 Å². The SMILES string of the molecule is CCN=c1cc2oc3cc(NC4CC5(CCOCC5)N([O])C5(CCOCC5)C4)c4ccccc4c3nc-2cc1C. The van der Waals surface area contributed by atoms with E-state index in [1.165, 1.54) is 5.06 Å². The predicted molar refractivity (Wildman–Crippen MR) is 154 cm³/mol. The van der Waals surface area contributed by atoms with Gasteiger partial charge in [0, 0.05) is 67.6 Å². The van der Waals surface area contributed by atoms with E-state index in [-0.39, 0.29) is 6.04 Å². The first-order valence-electron chi connectivity index (χ1n) is 14.7. The van der Waals surface area contributed by atoms with E-state index in [1.54, 1.807) is 0 Å². The first-order valence-corrected chi connectivity index (χ1v) is 14.7. The molecular weight excluding hydrogens is 504 g/mol. The molecule has 209 valence electrons. The summed E-state index contributed by atoms with van der Waals surface area (Å²) in [7, 11) is 0. The number of aromatic nitrogens is 1. The van der Waals surface area contributed by atoms with Crippen molar-refractivity contribution < 1.29 is 19.1 Å². The highest BCUT2D eigenvalue weighted by Gasteiger charge is 2.56. The van der Waals surface area contributed by atoms with Crippen LogP contribution in [0.3, 0.4) is 0 Å². The standard InChI is InChI=1S/C32H37N4O4/c1-3-33-25-17-28-27(16-21(25)2)35-30-24-7-5-4-6-23(24)26(18-29(30)40-28)34-22-19-31(8-12-38-13-9-31)36(37)32(20-22)10-14-39-15-11-32/h4-7,16-18,22,34H,3,8-15,19-20H2,1-2H3. The normalized spacial score (nSPS) is 23.5. The van der Waals surface area contributed by atoms with Crippen LogP contribution in [0.5, 0.6) is 0 Å². The minimum absolute atomic E-state index is 0.147. The Balaban J connectivity index is 1.33. The number of hydrogen-bond donors (Lipinski definition) is 1. The molecule has 1 aliphatic carbocycles. The second kappa shape index (κ2) is 10.1. The van der Waals surface area contributed by atoms with Crippen LogP contribution in [0.1, 0.15) is 51.0 Å². The average molecular weight is 542 g/mol. The third kappa shape index (κ3) is 4.29. The summed E-state index contributed by atoms with van der Waals surface area (Å²) in [5.74, 6) is 0.730. The molecule has 0 unspecified atom stereocenters. The van der Waals surface area contributed by atoms with Gasteiger partial charge in [0.1, 0.15) is 11.2 Å². The lowest BCUT2D eigenvalue weighted by Gasteiger charge is -2.57. The van der Waals surface area contributed by atoms with Crippen LogP contribution < -0.4 is 10.7 Å². The van der Waals surface area contributed by atoms with Gasteiger partial charge in [0.25, 0.3) is 0 Å². The molecule has 2 spiro atoms. The van der Waals surface area contributed by atoms with Crippen molar-refractivity contribution in [2.45, 2.75) is 69.5 Å². The van der Waals surface area contributed by atoms with Gasteiger partial charge in [-0.2, -0.15) is 0 Å². The third-order valence-corrected chi connectivity index (χ3v) is 9.36. The van der Waals surface area contributed by atoms with E-state index in [4.69, 9.17) is 18.9 Å². The Morgan fingerprint density at radius 2 is 1.62 bits per heavy atom. The van der Waals surface area contributed by atoms with Gasteiger partial charge >= 0.3 is 0 Å². The first-order chi connectivity index (χ1) is 19.5. The highest BCUT2D eigenvalue weighted by molar-refractivity contribution is 6.10. The molecule has 8 nitrogen and oxygen atoms in total. The molecule has 8 heteroatoms. The molecule has 1 radical (unpaired) electrons. The van der Waals surface area contributed by atoms with Gasteiger partial charge in [-0.05, 0) is 64.0 Å². The van der Waals surface area contributed by atoms with Crippen molar-refractivity contribution in [3.63, 3.8) is 0 Å². The molecule has 0 aromatic heterocycles. The van der Waals surface area contributed by atoms with Gasteiger partial charge in [-0.3, -0.25) is 4.99 Å². The molecular formula is C32H37N4O4. The Labute approximate surface area is 234 Å². The maximum Gasteiger partial charge on any atom is 0.155 e. The van der Waals surface area contributed by atoms with Crippen LogP contribution in [-0.2, 0) is 14.7 Å². The van der Waals surface area contributed by atoms with Crippen molar-refractivity contribution in [2.24, 2.45) is 4.99 Å². The number of nitrogens with zero attached hydrogens (tertiary/aromatic N) is 3. The second-order valence-electron chi connectivity index (χ2n) is 11.8. The van der Waals surface area contributed by atoms with Crippen molar-refractivity contribution in [1.29, 1.82) is 0 Å². The molecule has 0 amide bonds. The van der Waals surface area contributed by atoms with Gasteiger partial charge in [-0.25, -0.2) is 4.98 Å². The Morgan fingerprint density at radius 3 is 2.27 bits per heavy atom. The quantitative estimate of drug-likeness (QED) is 0.267. The van der Waals surface area contributed by atoms with Gasteiger partial charge in [0.05, 0.1) is 16.4 Å². The number of anilines is 1. The fourth-order valence-electron chi connectivity index (χ4n) is 7.36. The summed E-state index contributed by atoms with van der Waals surface area (Å²) in [5, 5.41) is 22.5. The number of hydrogen-bond acceptors (Lipinski definition) is 7. The maximum absolute atomic E-state index is 14.0. The number of hydroxylamine groups is 2. The summed E-state index contributed by atoms with van der Waals surface area (Å²) >= 11 is 0. The van der Waals surface area contributed by atoms with E-state index in [2.05, 4.69) is 53.6 Å². The van der Waals surface area contributed by atoms with Crippen molar-refractivity contribution >= 4 is 27.6 Å². The van der Waals surface area contributed by atoms with Crippen LogP contribution >= 0.6 is 0 Å². The fourth-order valence-corrected chi connectivity index (χ4v) is 7.36. The summed E-state index contributed by atoms with van der Waals surface area (Å²) in [4.78, 5) is 9.69. The number of benzene rings is 3. The van der Waals surface area contributed by atoms with Crippen molar-refractivity contribution in [2.75, 3.05) is 38.3 Å². The summed E-state index contributed by atoms with van der Waals surface area (Å²) in [5.41, 5.74) is 3.72. The third-order valence-electron chi connectivity index (χ3n) is 9.36. The average Bonchev–Trinajstić information content (AvgIpc) is 2.97. The lowest BCUT2D eigenvalue weighted by molar-refractivity contribution is -0.328. The molecule has 3 saturated heterocycles. The smallest absolute Gasteiger partial charge is 0.155 e. The number of piperidine rings is 1. The Morgan fingerprint density at radius 1 is 0.975 bits per heavy atom. The van der Waals surface area contributed by atoms with Gasteiger partial charge in [-0.1, -0.05) is 24.3 Å². The molecule has 5 aliphatic rings. The van der Waals surface area contributed by atoms with E-state index >= 15 is 0 Å². The molecule has 0 bridgehead atoms. The summed E-state index contributed by atoms with van der Waals surface area (Å²) in [6.07, 6.45) is 4.67. The van der Waals surface area contributed by atoms with Crippen LogP contribution in [0.4, 0.5) is 5.69 Å². The Hall–Kier alpha value is -3.04. The minimum Gasteiger partial charge on any atom is -0.453 e. The highest BCUT2D eigenvalue weighted by Crippen LogP contribution is 2.48. The van der Waals surface area contributed by atoms with E-state index in [9.17, 15) is 5.21 Å². The lowest BCUT2D eigenvalue weighted by Crippen LogP contribution is -2.68. The van der Waals surface area contributed by atoms with Crippen LogP contribution in [0.25, 0.3) is 33.3 Å². The van der Waals surface area contributed by atoms with Crippen LogP contribution in [0.2, 0.25) is 0 Å². The number of aryl methyl sites for hydroxylation is 1. The number of nitrogens with one attached hydrogen (secondary N) is 1. The van der Waals surface area contributed by atoms with E-state index in [0.29, 0.717) is 26.4 Å². The molecule has 1 N–H and O–H groups in total. The Bertz CT molecular complexity index is 1560. The van der Waals surface area contributed by atoms with Crippen molar-refractivity contribution in [3.05, 3.63) is 53.4 Å². The predicted octanol–water partition coefficient (Wildman–Crippen LogP) is 5.64. The highest BCUT2D eigenvalue weighted by atomic mass is 16.5. The molecule has 2 aromatic carbocycles. The molecule has 0 saturated carbocycles. The van der Waals surface area contributed by atoms with Crippen molar-refractivity contribution in [1.82, 2.24) is 10.0 Å². The minimum atomic E-state index is -0.405. The largest absolute Gasteiger partial charge is 0.453 e. The maximum atomic E-state index is 14.0. The summed E-state index contributed by atoms with van der Waals surface area (Å²) in [6, 6.07) is 14.7. The topological polar surface area (TPSA) is 92.0 Å². The van der Waals surface area contributed by atoms with Gasteiger partial charge < -0.3 is 19.2 Å². The summed E-state index contributed by atoms with van der Waals surface area (Å²) in [6.45, 7) is 7.38. The van der Waals surface area contributed by atoms with E-state index in [1.807, 2.05) is 13.0 Å². The number of fused-ring (bicyclic) bond motifs is 4. The molecule has 4 heterocycles. The molecule has 3 fully saturated rings. The molecule has 0 atom stereocenters. The van der Waals surface area contributed by atoms with Crippen LogP contribution in [0, 0.1) is 6.92 Å². The monoisotopic (exact) mass is 541 g/mol. The van der Waals surface area contributed by atoms with Crippen molar-refractivity contribution in [3.8, 4) is 11.5 Å². The molecule has 2 aromatic rings. The fraction of sp³-hybridized carbons (Fsp3) is 0.500. The zero-order chi connectivity index (χ0) is 27.3. The lowest BCUT2D eigenvalue weighted by atomic mass is 9.69. The van der Waals surface area contributed by atoms with Gasteiger partial charge in [0.15, 0.2) is 11.3 Å². The second-order valence-corrected chi connectivity index (χ2v) is 11.8. The first kappa shape index (κ1) is 25.9. The van der Waals surface area contributed by atoms with Gasteiger partial charge in [-0.15, -0.1) is 10.3 Å². The van der Waals surface area contributed by atoms with E-state index in [0.717, 1.165) is 95.0 Å². The van der Waals surface area contributed by atoms with E-state index < -0.39 is 11.1 Å². The summed E-state index contributed by atoms with van der Waals surface area (Å²) < 4.78 is 17.9. The zero-order valence-corrected chi connectivity index (χ0v) is 23.4. The Kier molecular flexibility index (Phi) is 6.54. The molecule has 7 rings (SSSR count).